The molecule has 5 nitrogen and oxygen atoms in total. The minimum Gasteiger partial charge on any atom is -0.481 e. The average Bonchev–Trinajstić information content (AvgIpc) is 3.05. The maximum atomic E-state index is 12.9. The van der Waals surface area contributed by atoms with Crippen LogP contribution in [-0.4, -0.2) is 34.7 Å². The molecule has 1 amide bonds. The number of ether oxygens (including phenoxy) is 1. The summed E-state index contributed by atoms with van der Waals surface area (Å²) in [5.41, 5.74) is -0.0690. The van der Waals surface area contributed by atoms with E-state index in [-0.39, 0.29) is 17.6 Å². The van der Waals surface area contributed by atoms with Gasteiger partial charge in [-0.1, -0.05) is 12.2 Å². The molecule has 0 radical (unpaired) electrons. The molecule has 4 atom stereocenters. The van der Waals surface area contributed by atoms with Gasteiger partial charge in [-0.05, 0) is 56.3 Å². The molecule has 23 heavy (non-hydrogen) atoms. The molecule has 6 rings (SSSR count). The maximum absolute atomic E-state index is 12.9. The molecule has 4 aliphatic carbocycles. The Hall–Kier alpha value is -1.36. The first-order chi connectivity index (χ1) is 11.0. The number of rotatable bonds is 3. The third kappa shape index (κ3) is 2.02. The van der Waals surface area contributed by atoms with Gasteiger partial charge in [-0.15, -0.1) is 0 Å². The number of carboxylic acid groups (broad SMARTS) is 1. The van der Waals surface area contributed by atoms with Crippen LogP contribution in [0.1, 0.15) is 38.5 Å². The number of carbonyl (C=O) groups is 2. The van der Waals surface area contributed by atoms with E-state index in [9.17, 15) is 14.7 Å². The fraction of sp³-hybridized carbons (Fsp3) is 0.778. The predicted octanol–water partition coefficient (Wildman–Crippen LogP) is 1.73. The standard InChI is InChI=1S/C18H23NO4/c20-16(14-12-1-2-13(23-12)15(14)17(21)22)19-18-6-9-3-10(7-18)5-11(4-9)8-18/h1-2,9-15H,3-8H2,(H,19,20)(H,21,22)/t9?,10?,11?,12-,13-,14+,15-,18?/m0/s1. The summed E-state index contributed by atoms with van der Waals surface area (Å²) in [7, 11) is 0. The number of hydrogen-bond donors (Lipinski definition) is 2. The van der Waals surface area contributed by atoms with Gasteiger partial charge >= 0.3 is 5.97 Å². The molecular weight excluding hydrogens is 294 g/mol. The van der Waals surface area contributed by atoms with Gasteiger partial charge in [-0.2, -0.15) is 0 Å². The summed E-state index contributed by atoms with van der Waals surface area (Å²) < 4.78 is 5.65. The Labute approximate surface area is 135 Å². The lowest BCUT2D eigenvalue weighted by Crippen LogP contribution is -2.61. The monoisotopic (exact) mass is 317 g/mol. The molecule has 0 aromatic heterocycles. The first kappa shape index (κ1) is 14.0. The highest BCUT2D eigenvalue weighted by molar-refractivity contribution is 5.87. The van der Waals surface area contributed by atoms with Gasteiger partial charge in [0.25, 0.3) is 0 Å². The van der Waals surface area contributed by atoms with Gasteiger partial charge < -0.3 is 15.2 Å². The average molecular weight is 317 g/mol. The Morgan fingerprint density at radius 2 is 1.48 bits per heavy atom. The quantitative estimate of drug-likeness (QED) is 0.777. The SMILES string of the molecule is O=C(O)[C@@H]1[C@H](C(=O)NC23CC4CC(CC(C4)C2)C3)[C@@H]2C=C[C@@H]1O2. The summed E-state index contributed by atoms with van der Waals surface area (Å²) in [6, 6.07) is 0. The van der Waals surface area contributed by atoms with Crippen molar-refractivity contribution in [2.24, 2.45) is 29.6 Å². The normalized spacial score (nSPS) is 52.1. The van der Waals surface area contributed by atoms with Gasteiger partial charge in [0.15, 0.2) is 0 Å². The lowest BCUT2D eigenvalue weighted by Gasteiger charge is -2.57. The third-order valence-electron chi connectivity index (χ3n) is 6.91. The first-order valence-electron chi connectivity index (χ1n) is 8.92. The van der Waals surface area contributed by atoms with Crippen LogP contribution in [-0.2, 0) is 14.3 Å². The molecule has 6 aliphatic rings. The van der Waals surface area contributed by atoms with E-state index in [0.717, 1.165) is 37.0 Å². The smallest absolute Gasteiger partial charge is 0.310 e. The number of fused-ring (bicyclic) bond motifs is 2. The molecule has 2 aliphatic heterocycles. The Morgan fingerprint density at radius 3 is 2.00 bits per heavy atom. The number of carboxylic acids is 1. The van der Waals surface area contributed by atoms with Crippen LogP contribution in [0.4, 0.5) is 0 Å². The van der Waals surface area contributed by atoms with Crippen molar-refractivity contribution in [2.75, 3.05) is 0 Å². The summed E-state index contributed by atoms with van der Waals surface area (Å²) in [5.74, 6) is -0.0629. The van der Waals surface area contributed by atoms with E-state index in [0.29, 0.717) is 0 Å². The van der Waals surface area contributed by atoms with Crippen LogP contribution in [0.5, 0.6) is 0 Å². The van der Waals surface area contributed by atoms with E-state index in [1.807, 2.05) is 6.08 Å². The van der Waals surface area contributed by atoms with Crippen molar-refractivity contribution in [1.29, 1.82) is 0 Å². The largest absolute Gasteiger partial charge is 0.481 e. The molecule has 2 N–H and O–H groups in total. The zero-order chi connectivity index (χ0) is 15.8. The highest BCUT2D eigenvalue weighted by Crippen LogP contribution is 2.56. The van der Waals surface area contributed by atoms with E-state index in [1.165, 1.54) is 19.3 Å². The molecule has 6 bridgehead atoms. The summed E-state index contributed by atoms with van der Waals surface area (Å²) in [6.07, 6.45) is 10.1. The minimum absolute atomic E-state index is 0.0690. The molecule has 0 aromatic rings. The van der Waals surface area contributed by atoms with E-state index in [4.69, 9.17) is 4.74 Å². The Kier molecular flexibility index (Phi) is 2.80. The fourth-order valence-corrected chi connectivity index (χ4v) is 6.52. The van der Waals surface area contributed by atoms with Crippen molar-refractivity contribution in [1.82, 2.24) is 5.32 Å². The lowest BCUT2D eigenvalue weighted by molar-refractivity contribution is -0.148. The molecule has 1 saturated heterocycles. The second-order valence-corrected chi connectivity index (χ2v) is 8.53. The van der Waals surface area contributed by atoms with Crippen molar-refractivity contribution >= 4 is 11.9 Å². The molecule has 124 valence electrons. The second-order valence-electron chi connectivity index (χ2n) is 8.53. The van der Waals surface area contributed by atoms with Crippen LogP contribution in [0, 0.1) is 29.6 Å². The highest BCUT2D eigenvalue weighted by Gasteiger charge is 2.56. The van der Waals surface area contributed by atoms with Crippen LogP contribution >= 0.6 is 0 Å². The van der Waals surface area contributed by atoms with Crippen molar-refractivity contribution < 1.29 is 19.4 Å². The number of aliphatic carboxylic acids is 1. The molecule has 0 unspecified atom stereocenters. The van der Waals surface area contributed by atoms with Gasteiger partial charge in [-0.3, -0.25) is 9.59 Å². The molecule has 4 saturated carbocycles. The number of carbonyl (C=O) groups excluding carboxylic acids is 1. The van der Waals surface area contributed by atoms with E-state index in [1.54, 1.807) is 6.08 Å². The van der Waals surface area contributed by atoms with Crippen molar-refractivity contribution in [3.8, 4) is 0 Å². The van der Waals surface area contributed by atoms with Crippen molar-refractivity contribution in [3.05, 3.63) is 12.2 Å². The topological polar surface area (TPSA) is 75.6 Å². The number of hydrogen-bond acceptors (Lipinski definition) is 3. The van der Waals surface area contributed by atoms with Crippen molar-refractivity contribution in [2.45, 2.75) is 56.3 Å². The summed E-state index contributed by atoms with van der Waals surface area (Å²) in [5, 5.41) is 12.8. The van der Waals surface area contributed by atoms with Gasteiger partial charge in [0, 0.05) is 5.54 Å². The molecule has 5 fully saturated rings. The maximum Gasteiger partial charge on any atom is 0.310 e. The van der Waals surface area contributed by atoms with Crippen LogP contribution in [0.3, 0.4) is 0 Å². The van der Waals surface area contributed by atoms with Crippen LogP contribution in [0.2, 0.25) is 0 Å². The van der Waals surface area contributed by atoms with E-state index in [2.05, 4.69) is 5.32 Å². The fourth-order valence-electron chi connectivity index (χ4n) is 6.52. The summed E-state index contributed by atoms with van der Waals surface area (Å²) >= 11 is 0. The summed E-state index contributed by atoms with van der Waals surface area (Å²) in [4.78, 5) is 24.5. The second kappa shape index (κ2) is 4.59. The molecule has 2 heterocycles. The first-order valence-corrected chi connectivity index (χ1v) is 8.92. The number of amides is 1. The lowest BCUT2D eigenvalue weighted by atomic mass is 9.53. The van der Waals surface area contributed by atoms with Gasteiger partial charge in [0.05, 0.1) is 18.1 Å². The van der Waals surface area contributed by atoms with Gasteiger partial charge in [0.2, 0.25) is 5.91 Å². The predicted molar refractivity (Wildman–Crippen MR) is 81.5 cm³/mol. The molecule has 0 spiro atoms. The zero-order valence-corrected chi connectivity index (χ0v) is 13.1. The molecular formula is C18H23NO4. The molecule has 5 heteroatoms. The summed E-state index contributed by atoms with van der Waals surface area (Å²) in [6.45, 7) is 0. The minimum atomic E-state index is -0.924. The molecule has 0 aromatic carbocycles. The third-order valence-corrected chi connectivity index (χ3v) is 6.91. The highest BCUT2D eigenvalue weighted by atomic mass is 16.5. The van der Waals surface area contributed by atoms with E-state index < -0.39 is 23.9 Å². The Bertz CT molecular complexity index is 563. The van der Waals surface area contributed by atoms with Crippen molar-refractivity contribution in [3.63, 3.8) is 0 Å². The number of nitrogens with one attached hydrogen (secondary N) is 1. The van der Waals surface area contributed by atoms with Gasteiger partial charge in [0.1, 0.15) is 5.92 Å². The Morgan fingerprint density at radius 1 is 0.957 bits per heavy atom. The van der Waals surface area contributed by atoms with E-state index >= 15 is 0 Å². The van der Waals surface area contributed by atoms with Gasteiger partial charge in [-0.25, -0.2) is 0 Å². The Balaban J connectivity index is 1.37. The van der Waals surface area contributed by atoms with Crippen LogP contribution < -0.4 is 5.32 Å². The zero-order valence-electron chi connectivity index (χ0n) is 13.1. The van der Waals surface area contributed by atoms with Crippen LogP contribution in [0.15, 0.2) is 12.2 Å². The van der Waals surface area contributed by atoms with Crippen LogP contribution in [0.25, 0.3) is 0 Å².